The van der Waals surface area contributed by atoms with Crippen molar-refractivity contribution in [1.82, 2.24) is 10.1 Å². The molecule has 0 amide bonds. The third kappa shape index (κ3) is 3.38. The van der Waals surface area contributed by atoms with E-state index in [0.29, 0.717) is 24.6 Å². The Morgan fingerprint density at radius 2 is 1.95 bits per heavy atom. The normalized spacial score (nSPS) is 22.9. The van der Waals surface area contributed by atoms with E-state index in [1.165, 1.54) is 0 Å². The van der Waals surface area contributed by atoms with Gasteiger partial charge in [0.1, 0.15) is 5.75 Å². The van der Waals surface area contributed by atoms with Gasteiger partial charge < -0.3 is 9.63 Å². The van der Waals surface area contributed by atoms with Gasteiger partial charge >= 0.3 is 0 Å². The van der Waals surface area contributed by atoms with Crippen molar-refractivity contribution >= 4 is 9.84 Å². The third-order valence-corrected chi connectivity index (χ3v) is 5.71. The summed E-state index contributed by atoms with van der Waals surface area (Å²) >= 11 is 0. The zero-order chi connectivity index (χ0) is 14.2. The van der Waals surface area contributed by atoms with Crippen LogP contribution in [-0.2, 0) is 15.6 Å². The highest BCUT2D eigenvalue weighted by atomic mass is 32.2. The predicted molar refractivity (Wildman–Crippen MR) is 71.8 cm³/mol. The van der Waals surface area contributed by atoms with Gasteiger partial charge in [-0.3, -0.25) is 0 Å². The van der Waals surface area contributed by atoms with E-state index in [1.807, 2.05) is 0 Å². The fraction of sp³-hybridized carbons (Fsp3) is 0.846. The zero-order valence-electron chi connectivity index (χ0n) is 11.4. The Morgan fingerprint density at radius 1 is 1.25 bits per heavy atom. The molecule has 1 aromatic rings. The number of rotatable bonds is 5. The molecule has 0 aromatic carbocycles. The summed E-state index contributed by atoms with van der Waals surface area (Å²) in [7, 11) is -3.43. The van der Waals surface area contributed by atoms with Crippen molar-refractivity contribution in [3.63, 3.8) is 0 Å². The maximum Gasteiger partial charge on any atom is 0.241 e. The molecule has 2 saturated carbocycles. The molecule has 1 heterocycles. The summed E-state index contributed by atoms with van der Waals surface area (Å²) in [5.74, 6) is 0.631. The lowest BCUT2D eigenvalue weighted by atomic mass is 9.86. The molecule has 0 atom stereocenters. The Balaban J connectivity index is 1.64. The van der Waals surface area contributed by atoms with Gasteiger partial charge in [-0.1, -0.05) is 24.4 Å². The predicted octanol–water partition coefficient (Wildman–Crippen LogP) is 1.56. The smallest absolute Gasteiger partial charge is 0.241 e. The van der Waals surface area contributed by atoms with Gasteiger partial charge in [-0.25, -0.2) is 8.42 Å². The molecule has 6 nitrogen and oxygen atoms in total. The third-order valence-electron chi connectivity index (χ3n) is 4.04. The van der Waals surface area contributed by atoms with Crippen molar-refractivity contribution in [2.24, 2.45) is 0 Å². The summed E-state index contributed by atoms with van der Waals surface area (Å²) in [5.41, 5.74) is -1.07. The standard InChI is InChI=1S/C13H20N2O4S/c16-13(6-2-1-3-7-13)9-20(17,18)8-11-14-12(15-19-11)10-4-5-10/h10,16H,1-9H2. The second-order valence-electron chi connectivity index (χ2n) is 6.14. The molecule has 0 spiro atoms. The summed E-state index contributed by atoms with van der Waals surface area (Å²) in [6.45, 7) is 0. The van der Waals surface area contributed by atoms with Crippen LogP contribution in [0.2, 0.25) is 0 Å². The lowest BCUT2D eigenvalue weighted by Crippen LogP contribution is -2.39. The van der Waals surface area contributed by atoms with Crippen molar-refractivity contribution in [2.75, 3.05) is 5.75 Å². The molecule has 0 unspecified atom stereocenters. The van der Waals surface area contributed by atoms with E-state index in [4.69, 9.17) is 4.52 Å². The molecule has 2 fully saturated rings. The first-order valence-corrected chi connectivity index (χ1v) is 9.03. The van der Waals surface area contributed by atoms with E-state index in [9.17, 15) is 13.5 Å². The van der Waals surface area contributed by atoms with E-state index in [1.54, 1.807) is 0 Å². The molecule has 0 saturated heterocycles. The van der Waals surface area contributed by atoms with E-state index in [2.05, 4.69) is 10.1 Å². The molecule has 112 valence electrons. The summed E-state index contributed by atoms with van der Waals surface area (Å²) in [6.07, 6.45) is 6.05. The van der Waals surface area contributed by atoms with Gasteiger partial charge in [-0.2, -0.15) is 4.98 Å². The number of hydrogen-bond acceptors (Lipinski definition) is 6. The minimum atomic E-state index is -3.43. The highest BCUT2D eigenvalue weighted by molar-refractivity contribution is 7.90. The Kier molecular flexibility index (Phi) is 3.58. The first-order valence-electron chi connectivity index (χ1n) is 7.21. The Hall–Kier alpha value is -0.950. The maximum absolute atomic E-state index is 12.2. The minimum Gasteiger partial charge on any atom is -0.389 e. The fourth-order valence-electron chi connectivity index (χ4n) is 2.84. The number of hydrogen-bond donors (Lipinski definition) is 1. The van der Waals surface area contributed by atoms with Crippen LogP contribution in [0.5, 0.6) is 0 Å². The summed E-state index contributed by atoms with van der Waals surface area (Å²) in [4.78, 5) is 4.13. The molecule has 3 rings (SSSR count). The van der Waals surface area contributed by atoms with Crippen LogP contribution in [0.25, 0.3) is 0 Å². The van der Waals surface area contributed by atoms with Crippen LogP contribution < -0.4 is 0 Å². The van der Waals surface area contributed by atoms with Crippen LogP contribution in [0, 0.1) is 0 Å². The van der Waals surface area contributed by atoms with E-state index in [-0.39, 0.29) is 17.4 Å². The summed E-state index contributed by atoms with van der Waals surface area (Å²) < 4.78 is 29.4. The highest BCUT2D eigenvalue weighted by Crippen LogP contribution is 2.38. The van der Waals surface area contributed by atoms with Gasteiger partial charge in [-0.15, -0.1) is 0 Å². The van der Waals surface area contributed by atoms with Crippen molar-refractivity contribution < 1.29 is 18.0 Å². The molecule has 1 aromatic heterocycles. The minimum absolute atomic E-state index is 0.145. The van der Waals surface area contributed by atoms with Crippen molar-refractivity contribution in [3.8, 4) is 0 Å². The van der Waals surface area contributed by atoms with E-state index in [0.717, 1.165) is 32.1 Å². The van der Waals surface area contributed by atoms with Crippen molar-refractivity contribution in [1.29, 1.82) is 0 Å². The molecular formula is C13H20N2O4S. The van der Waals surface area contributed by atoms with Gasteiger partial charge in [0.25, 0.3) is 0 Å². The van der Waals surface area contributed by atoms with Gasteiger partial charge in [0.2, 0.25) is 5.89 Å². The number of aromatic nitrogens is 2. The molecule has 1 N–H and O–H groups in total. The fourth-order valence-corrected chi connectivity index (χ4v) is 4.54. The van der Waals surface area contributed by atoms with Crippen molar-refractivity contribution in [2.45, 2.75) is 62.2 Å². The molecule has 20 heavy (non-hydrogen) atoms. The topological polar surface area (TPSA) is 93.3 Å². The van der Waals surface area contributed by atoms with Crippen LogP contribution in [0.3, 0.4) is 0 Å². The molecular weight excluding hydrogens is 280 g/mol. The monoisotopic (exact) mass is 300 g/mol. The second-order valence-corrected chi connectivity index (χ2v) is 8.20. The Bertz CT molecular complexity index is 571. The average molecular weight is 300 g/mol. The molecule has 0 aliphatic heterocycles. The van der Waals surface area contributed by atoms with E-state index < -0.39 is 15.4 Å². The van der Waals surface area contributed by atoms with Crippen LogP contribution in [0.1, 0.15) is 62.6 Å². The first-order chi connectivity index (χ1) is 9.46. The summed E-state index contributed by atoms with van der Waals surface area (Å²) in [5, 5.41) is 14.2. The molecule has 7 heteroatoms. The lowest BCUT2D eigenvalue weighted by Gasteiger charge is -2.31. The van der Waals surface area contributed by atoms with Gasteiger partial charge in [0, 0.05) is 5.92 Å². The maximum atomic E-state index is 12.2. The molecule has 2 aliphatic rings. The largest absolute Gasteiger partial charge is 0.389 e. The molecule has 0 radical (unpaired) electrons. The van der Waals surface area contributed by atoms with Gasteiger partial charge in [0.15, 0.2) is 15.7 Å². The Labute approximate surface area is 118 Å². The van der Waals surface area contributed by atoms with E-state index >= 15 is 0 Å². The second kappa shape index (κ2) is 5.11. The Morgan fingerprint density at radius 3 is 2.60 bits per heavy atom. The summed E-state index contributed by atoms with van der Waals surface area (Å²) in [6, 6.07) is 0. The highest BCUT2D eigenvalue weighted by Gasteiger charge is 2.36. The molecule has 0 bridgehead atoms. The lowest BCUT2D eigenvalue weighted by molar-refractivity contribution is 0.0256. The van der Waals surface area contributed by atoms with Crippen LogP contribution in [-0.4, -0.2) is 35.0 Å². The number of aliphatic hydroxyl groups is 1. The van der Waals surface area contributed by atoms with Crippen molar-refractivity contribution in [3.05, 3.63) is 11.7 Å². The SMILES string of the molecule is O=S(=O)(Cc1nc(C2CC2)no1)CC1(O)CCCCC1. The number of nitrogens with zero attached hydrogens (tertiary/aromatic N) is 2. The van der Waals surface area contributed by atoms with Crippen LogP contribution in [0.4, 0.5) is 0 Å². The average Bonchev–Trinajstić information content (AvgIpc) is 3.10. The molecule has 2 aliphatic carbocycles. The van der Waals surface area contributed by atoms with Gasteiger partial charge in [0.05, 0.1) is 11.4 Å². The zero-order valence-corrected chi connectivity index (χ0v) is 12.2. The number of sulfone groups is 1. The van der Waals surface area contributed by atoms with Gasteiger partial charge in [-0.05, 0) is 25.7 Å². The quantitative estimate of drug-likeness (QED) is 0.887. The van der Waals surface area contributed by atoms with Crippen LogP contribution in [0.15, 0.2) is 4.52 Å². The first kappa shape index (κ1) is 14.0. The van der Waals surface area contributed by atoms with Crippen LogP contribution >= 0.6 is 0 Å².